The van der Waals surface area contributed by atoms with E-state index in [-0.39, 0.29) is 6.61 Å². The minimum Gasteiger partial charge on any atom is -0.394 e. The van der Waals surface area contributed by atoms with Crippen molar-refractivity contribution in [2.24, 2.45) is 5.84 Å². The molecular formula is C12H25N7O2. The van der Waals surface area contributed by atoms with Crippen LogP contribution in [-0.2, 0) is 4.74 Å². The maximum absolute atomic E-state index is 8.60. The summed E-state index contributed by atoms with van der Waals surface area (Å²) >= 11 is 0. The van der Waals surface area contributed by atoms with Crippen molar-refractivity contribution in [2.45, 2.75) is 20.3 Å². The molecule has 0 aromatic carbocycles. The van der Waals surface area contributed by atoms with Gasteiger partial charge in [0.2, 0.25) is 17.8 Å². The lowest BCUT2D eigenvalue weighted by Crippen LogP contribution is -2.26. The van der Waals surface area contributed by atoms with Gasteiger partial charge in [0, 0.05) is 26.2 Å². The van der Waals surface area contributed by atoms with E-state index in [2.05, 4.69) is 25.7 Å². The minimum atomic E-state index is 0.0413. The Bertz CT molecular complexity index is 401. The van der Waals surface area contributed by atoms with Gasteiger partial charge in [-0.25, -0.2) is 5.84 Å². The van der Waals surface area contributed by atoms with E-state index in [1.54, 1.807) is 0 Å². The maximum Gasteiger partial charge on any atom is 0.243 e. The van der Waals surface area contributed by atoms with E-state index < -0.39 is 0 Å². The van der Waals surface area contributed by atoms with Gasteiger partial charge in [-0.2, -0.15) is 15.0 Å². The van der Waals surface area contributed by atoms with Crippen molar-refractivity contribution in [1.29, 1.82) is 0 Å². The van der Waals surface area contributed by atoms with Gasteiger partial charge < -0.3 is 20.1 Å². The highest BCUT2D eigenvalue weighted by Crippen LogP contribution is 2.12. The van der Waals surface area contributed by atoms with Crippen LogP contribution in [0.2, 0.25) is 0 Å². The molecule has 120 valence electrons. The van der Waals surface area contributed by atoms with Crippen molar-refractivity contribution >= 4 is 17.8 Å². The number of hydrogen-bond donors (Lipinski definition) is 4. The monoisotopic (exact) mass is 299 g/mol. The Hall–Kier alpha value is -1.71. The van der Waals surface area contributed by atoms with E-state index in [0.29, 0.717) is 37.6 Å². The summed E-state index contributed by atoms with van der Waals surface area (Å²) in [5, 5.41) is 11.7. The Morgan fingerprint density at radius 3 is 2.48 bits per heavy atom. The van der Waals surface area contributed by atoms with Crippen LogP contribution >= 0.6 is 0 Å². The number of nitrogens with zero attached hydrogens (tertiary/aromatic N) is 4. The standard InChI is InChI=1S/C12H25N7O2/c1-3-19(4-2)12-16-10(15-11(17-12)18-13)14-6-5-8-21-9-7-20/h20H,3-9,13H2,1-2H3,(H2,14,15,16,17,18). The zero-order valence-corrected chi connectivity index (χ0v) is 12.7. The summed E-state index contributed by atoms with van der Waals surface area (Å²) in [6, 6.07) is 0. The number of ether oxygens (including phenoxy) is 1. The van der Waals surface area contributed by atoms with Crippen LogP contribution in [0.4, 0.5) is 17.8 Å². The fourth-order valence-corrected chi connectivity index (χ4v) is 1.70. The second kappa shape index (κ2) is 10.1. The maximum atomic E-state index is 8.60. The summed E-state index contributed by atoms with van der Waals surface area (Å²) in [6.45, 7) is 7.32. The molecule has 0 atom stereocenters. The number of anilines is 3. The lowest BCUT2D eigenvalue weighted by molar-refractivity contribution is 0.0921. The topological polar surface area (TPSA) is 121 Å². The second-order valence-electron chi connectivity index (χ2n) is 4.22. The molecule has 1 rings (SSSR count). The van der Waals surface area contributed by atoms with Crippen LogP contribution in [-0.4, -0.2) is 59.5 Å². The average Bonchev–Trinajstić information content (AvgIpc) is 2.51. The predicted molar refractivity (Wildman–Crippen MR) is 82.2 cm³/mol. The molecule has 0 spiro atoms. The van der Waals surface area contributed by atoms with E-state index in [4.69, 9.17) is 15.7 Å². The normalized spacial score (nSPS) is 10.5. The Kier molecular flexibility index (Phi) is 8.32. The van der Waals surface area contributed by atoms with Gasteiger partial charge >= 0.3 is 0 Å². The molecule has 1 aromatic rings. The highest BCUT2D eigenvalue weighted by atomic mass is 16.5. The summed E-state index contributed by atoms with van der Waals surface area (Å²) in [6.07, 6.45) is 0.789. The first-order valence-corrected chi connectivity index (χ1v) is 7.15. The van der Waals surface area contributed by atoms with Gasteiger partial charge in [0.25, 0.3) is 0 Å². The number of nitrogens with one attached hydrogen (secondary N) is 2. The zero-order chi connectivity index (χ0) is 15.5. The van der Waals surface area contributed by atoms with Crippen LogP contribution in [0.5, 0.6) is 0 Å². The van der Waals surface area contributed by atoms with E-state index in [0.717, 1.165) is 19.5 Å². The van der Waals surface area contributed by atoms with E-state index in [1.165, 1.54) is 0 Å². The molecule has 1 heterocycles. The molecule has 0 aliphatic rings. The zero-order valence-electron chi connectivity index (χ0n) is 12.7. The van der Waals surface area contributed by atoms with Crippen molar-refractivity contribution in [3.05, 3.63) is 0 Å². The van der Waals surface area contributed by atoms with Crippen molar-refractivity contribution < 1.29 is 9.84 Å². The largest absolute Gasteiger partial charge is 0.394 e. The molecule has 0 radical (unpaired) electrons. The third-order valence-corrected chi connectivity index (χ3v) is 2.78. The average molecular weight is 299 g/mol. The first-order valence-electron chi connectivity index (χ1n) is 7.15. The first-order chi connectivity index (χ1) is 10.2. The number of aliphatic hydroxyl groups excluding tert-OH is 1. The predicted octanol–water partition coefficient (Wildman–Crippen LogP) is -0.186. The molecule has 0 saturated carbocycles. The molecule has 0 aliphatic heterocycles. The van der Waals surface area contributed by atoms with Gasteiger partial charge in [-0.15, -0.1) is 0 Å². The lowest BCUT2D eigenvalue weighted by atomic mass is 10.4. The fourth-order valence-electron chi connectivity index (χ4n) is 1.70. The van der Waals surface area contributed by atoms with Crippen LogP contribution in [0.3, 0.4) is 0 Å². The number of rotatable bonds is 11. The Labute approximate surface area is 124 Å². The van der Waals surface area contributed by atoms with Crippen molar-refractivity contribution in [3.63, 3.8) is 0 Å². The third kappa shape index (κ3) is 6.06. The molecule has 0 saturated heterocycles. The molecule has 1 aromatic heterocycles. The number of aromatic nitrogens is 3. The Balaban J connectivity index is 2.58. The summed E-state index contributed by atoms with van der Waals surface area (Å²) in [4.78, 5) is 14.8. The number of nitrogen functional groups attached to an aromatic ring is 1. The number of aliphatic hydroxyl groups is 1. The van der Waals surface area contributed by atoms with Crippen molar-refractivity contribution in [2.75, 3.05) is 55.1 Å². The van der Waals surface area contributed by atoms with Gasteiger partial charge in [0.15, 0.2) is 0 Å². The Morgan fingerprint density at radius 2 is 1.86 bits per heavy atom. The Morgan fingerprint density at radius 1 is 1.14 bits per heavy atom. The molecule has 0 amide bonds. The van der Waals surface area contributed by atoms with Crippen LogP contribution in [0.25, 0.3) is 0 Å². The van der Waals surface area contributed by atoms with Gasteiger partial charge in [0.1, 0.15) is 0 Å². The van der Waals surface area contributed by atoms with E-state index in [1.807, 2.05) is 18.7 Å². The molecule has 9 heteroatoms. The molecule has 0 aliphatic carbocycles. The highest BCUT2D eigenvalue weighted by Gasteiger charge is 2.10. The van der Waals surface area contributed by atoms with Crippen LogP contribution in [0, 0.1) is 0 Å². The SMILES string of the molecule is CCN(CC)c1nc(NN)nc(NCCCOCCO)n1. The van der Waals surface area contributed by atoms with Crippen molar-refractivity contribution in [3.8, 4) is 0 Å². The van der Waals surface area contributed by atoms with Gasteiger partial charge in [-0.1, -0.05) is 0 Å². The van der Waals surface area contributed by atoms with Crippen LogP contribution < -0.4 is 21.5 Å². The molecule has 0 bridgehead atoms. The smallest absolute Gasteiger partial charge is 0.243 e. The molecule has 5 N–H and O–H groups in total. The van der Waals surface area contributed by atoms with Crippen LogP contribution in [0.15, 0.2) is 0 Å². The van der Waals surface area contributed by atoms with Crippen molar-refractivity contribution in [1.82, 2.24) is 15.0 Å². The second-order valence-corrected chi connectivity index (χ2v) is 4.22. The summed E-state index contributed by atoms with van der Waals surface area (Å²) in [5.74, 6) is 6.77. The van der Waals surface area contributed by atoms with E-state index in [9.17, 15) is 0 Å². The number of nitrogens with two attached hydrogens (primary N) is 1. The highest BCUT2D eigenvalue weighted by molar-refractivity contribution is 5.43. The number of hydrazine groups is 1. The van der Waals surface area contributed by atoms with Gasteiger partial charge in [0.05, 0.1) is 13.2 Å². The van der Waals surface area contributed by atoms with Gasteiger partial charge in [-0.3, -0.25) is 5.43 Å². The molecule has 0 unspecified atom stereocenters. The first kappa shape index (κ1) is 17.3. The summed E-state index contributed by atoms with van der Waals surface area (Å²) in [5.41, 5.74) is 2.45. The molecule has 9 nitrogen and oxygen atoms in total. The summed E-state index contributed by atoms with van der Waals surface area (Å²) < 4.78 is 5.18. The fraction of sp³-hybridized carbons (Fsp3) is 0.750. The molecular weight excluding hydrogens is 274 g/mol. The molecule has 0 fully saturated rings. The quantitative estimate of drug-likeness (QED) is 0.250. The molecule has 21 heavy (non-hydrogen) atoms. The van der Waals surface area contributed by atoms with Gasteiger partial charge in [-0.05, 0) is 20.3 Å². The third-order valence-electron chi connectivity index (χ3n) is 2.78. The van der Waals surface area contributed by atoms with E-state index >= 15 is 0 Å². The lowest BCUT2D eigenvalue weighted by Gasteiger charge is -2.19. The minimum absolute atomic E-state index is 0.0413. The summed E-state index contributed by atoms with van der Waals surface area (Å²) in [7, 11) is 0. The number of hydrogen-bond acceptors (Lipinski definition) is 9. The van der Waals surface area contributed by atoms with Crippen LogP contribution in [0.1, 0.15) is 20.3 Å².